The van der Waals surface area contributed by atoms with Crippen LogP contribution in [0.5, 0.6) is 17.2 Å². The number of hydrazone groups is 1. The highest BCUT2D eigenvalue weighted by Gasteiger charge is 2.52. The van der Waals surface area contributed by atoms with Gasteiger partial charge in [-0.1, -0.05) is 22.9 Å². The maximum absolute atomic E-state index is 6.75. The quantitative estimate of drug-likeness (QED) is 0.564. The maximum Gasteiger partial charge on any atom is 0.200 e. The second kappa shape index (κ2) is 8.60. The minimum atomic E-state index is -0.406. The van der Waals surface area contributed by atoms with Crippen LogP contribution < -0.4 is 14.2 Å². The molecule has 0 aromatic heterocycles. The Kier molecular flexibility index (Phi) is 5.80. The van der Waals surface area contributed by atoms with Crippen molar-refractivity contribution in [2.24, 2.45) is 5.10 Å². The zero-order valence-electron chi connectivity index (χ0n) is 18.9. The molecule has 6 nitrogen and oxygen atoms in total. The number of rotatable bonds is 5. The number of halogens is 1. The van der Waals surface area contributed by atoms with E-state index < -0.39 is 5.72 Å². The molecule has 2 aromatic carbocycles. The van der Waals surface area contributed by atoms with Gasteiger partial charge in [-0.3, -0.25) is 0 Å². The van der Waals surface area contributed by atoms with Crippen LogP contribution in [0.1, 0.15) is 49.8 Å². The van der Waals surface area contributed by atoms with Crippen LogP contribution in [0, 0.1) is 0 Å². The Morgan fingerprint density at radius 1 is 1.12 bits per heavy atom. The molecule has 0 radical (unpaired) electrons. The monoisotopic (exact) mass is 499 g/mol. The second-order valence-corrected chi connectivity index (χ2v) is 9.67. The van der Waals surface area contributed by atoms with Gasteiger partial charge < -0.3 is 19.1 Å². The molecule has 32 heavy (non-hydrogen) atoms. The van der Waals surface area contributed by atoms with Crippen molar-refractivity contribution in [3.05, 3.63) is 52.0 Å². The molecule has 0 N–H and O–H groups in total. The van der Waals surface area contributed by atoms with Crippen LogP contribution in [-0.4, -0.2) is 55.2 Å². The van der Waals surface area contributed by atoms with E-state index in [0.717, 1.165) is 71.9 Å². The fourth-order valence-electron chi connectivity index (χ4n) is 5.23. The molecule has 5 rings (SSSR count). The highest BCUT2D eigenvalue weighted by molar-refractivity contribution is 9.10. The van der Waals surface area contributed by atoms with Crippen LogP contribution in [0.2, 0.25) is 0 Å². The molecule has 3 heterocycles. The molecular weight excluding hydrogens is 470 g/mol. The standard InChI is InChI=1S/C25H30BrN3O3/c1-4-11-28-12-9-25(10-13-28)29-22(20-14-17(26)5-8-23(20)32-25)16-21(27-29)19-7-6-18(30-2)15-24(19)31-3/h5-8,14-15,22H,4,9-13,16H2,1-3H3/t22-/m1/s1. The molecule has 1 saturated heterocycles. The zero-order valence-corrected chi connectivity index (χ0v) is 20.5. The molecule has 0 saturated carbocycles. The third-order valence-electron chi connectivity index (χ3n) is 6.86. The summed E-state index contributed by atoms with van der Waals surface area (Å²) in [5.74, 6) is 2.54. The van der Waals surface area contributed by atoms with Gasteiger partial charge in [-0.25, -0.2) is 5.01 Å². The number of likely N-dealkylation sites (tertiary alicyclic amines) is 1. The molecule has 0 amide bonds. The third-order valence-corrected chi connectivity index (χ3v) is 7.35. The number of nitrogens with zero attached hydrogens (tertiary/aromatic N) is 3. The molecule has 7 heteroatoms. The number of fused-ring (bicyclic) bond motifs is 4. The predicted molar refractivity (Wildman–Crippen MR) is 129 cm³/mol. The number of piperidine rings is 1. The first kappa shape index (κ1) is 21.6. The van der Waals surface area contributed by atoms with Gasteiger partial charge in [0.1, 0.15) is 17.2 Å². The summed E-state index contributed by atoms with van der Waals surface area (Å²) < 4.78 is 18.9. The summed E-state index contributed by atoms with van der Waals surface area (Å²) in [6.07, 6.45) is 3.87. The summed E-state index contributed by atoms with van der Waals surface area (Å²) in [7, 11) is 3.37. The Labute approximate surface area is 198 Å². The van der Waals surface area contributed by atoms with Crippen molar-refractivity contribution in [1.29, 1.82) is 0 Å². The molecular formula is C25H30BrN3O3. The third kappa shape index (κ3) is 3.65. The summed E-state index contributed by atoms with van der Waals surface area (Å²) >= 11 is 3.65. The molecule has 1 atom stereocenters. The van der Waals surface area contributed by atoms with Crippen LogP contribution in [-0.2, 0) is 0 Å². The molecule has 2 aromatic rings. The van der Waals surface area contributed by atoms with E-state index in [1.54, 1.807) is 14.2 Å². The van der Waals surface area contributed by atoms with E-state index >= 15 is 0 Å². The van der Waals surface area contributed by atoms with Crippen molar-refractivity contribution in [1.82, 2.24) is 9.91 Å². The molecule has 1 fully saturated rings. The first-order chi connectivity index (χ1) is 15.6. The van der Waals surface area contributed by atoms with Crippen molar-refractivity contribution >= 4 is 21.6 Å². The molecule has 0 aliphatic carbocycles. The fourth-order valence-corrected chi connectivity index (χ4v) is 5.60. The van der Waals surface area contributed by atoms with E-state index in [4.69, 9.17) is 19.3 Å². The highest BCUT2D eigenvalue weighted by Crippen LogP contribution is 2.51. The van der Waals surface area contributed by atoms with Crippen molar-refractivity contribution in [2.45, 2.75) is 44.4 Å². The summed E-state index contributed by atoms with van der Waals surface area (Å²) in [6.45, 7) is 5.44. The Morgan fingerprint density at radius 2 is 1.94 bits per heavy atom. The number of methoxy groups -OCH3 is 2. The lowest BCUT2D eigenvalue weighted by molar-refractivity contribution is -0.149. The van der Waals surface area contributed by atoms with Gasteiger partial charge in [0.2, 0.25) is 5.72 Å². The molecule has 0 bridgehead atoms. The first-order valence-electron chi connectivity index (χ1n) is 11.4. The van der Waals surface area contributed by atoms with E-state index in [1.807, 2.05) is 18.2 Å². The van der Waals surface area contributed by atoms with Crippen LogP contribution >= 0.6 is 15.9 Å². The molecule has 3 aliphatic rings. The van der Waals surface area contributed by atoms with Crippen molar-refractivity contribution < 1.29 is 14.2 Å². The van der Waals surface area contributed by atoms with Crippen LogP contribution in [0.4, 0.5) is 0 Å². The fraction of sp³-hybridized carbons (Fsp3) is 0.480. The Morgan fingerprint density at radius 3 is 2.66 bits per heavy atom. The largest absolute Gasteiger partial charge is 0.497 e. The van der Waals surface area contributed by atoms with Gasteiger partial charge in [0.15, 0.2) is 0 Å². The molecule has 0 unspecified atom stereocenters. The average molecular weight is 500 g/mol. The summed E-state index contributed by atoms with van der Waals surface area (Å²) in [5, 5.41) is 7.45. The number of hydrogen-bond acceptors (Lipinski definition) is 6. The normalized spacial score (nSPS) is 21.6. The Hall–Kier alpha value is -2.25. The van der Waals surface area contributed by atoms with Crippen molar-refractivity contribution in [3.63, 3.8) is 0 Å². The van der Waals surface area contributed by atoms with Crippen LogP contribution in [0.15, 0.2) is 46.0 Å². The van der Waals surface area contributed by atoms with Gasteiger partial charge in [0, 0.05) is 54.0 Å². The summed E-state index contributed by atoms with van der Waals surface area (Å²) in [4.78, 5) is 2.54. The maximum atomic E-state index is 6.75. The van der Waals surface area contributed by atoms with Crippen LogP contribution in [0.25, 0.3) is 0 Å². The number of ether oxygens (including phenoxy) is 3. The lowest BCUT2D eigenvalue weighted by Crippen LogP contribution is -2.59. The van der Waals surface area contributed by atoms with Gasteiger partial charge >= 0.3 is 0 Å². The summed E-state index contributed by atoms with van der Waals surface area (Å²) in [6, 6.07) is 12.4. The predicted octanol–water partition coefficient (Wildman–Crippen LogP) is 5.21. The Bertz CT molecular complexity index is 1030. The molecule has 3 aliphatic heterocycles. The zero-order chi connectivity index (χ0) is 22.3. The number of hydrogen-bond donors (Lipinski definition) is 0. The number of benzene rings is 2. The van der Waals surface area contributed by atoms with Crippen molar-refractivity contribution in [3.8, 4) is 17.2 Å². The van der Waals surface area contributed by atoms with Crippen LogP contribution in [0.3, 0.4) is 0 Å². The van der Waals surface area contributed by atoms with Gasteiger partial charge in [-0.05, 0) is 43.3 Å². The van der Waals surface area contributed by atoms with Gasteiger partial charge in [0.25, 0.3) is 0 Å². The minimum Gasteiger partial charge on any atom is -0.497 e. The minimum absolute atomic E-state index is 0.149. The SMILES string of the molecule is CCCN1CCC2(CC1)Oc1ccc(Br)cc1[C@H]1CC(c3ccc(OC)cc3OC)=NN12. The van der Waals surface area contributed by atoms with E-state index in [2.05, 4.69) is 51.0 Å². The van der Waals surface area contributed by atoms with Gasteiger partial charge in [-0.15, -0.1) is 0 Å². The van der Waals surface area contributed by atoms with E-state index in [1.165, 1.54) is 12.0 Å². The molecule has 1 spiro atoms. The van der Waals surface area contributed by atoms with Crippen molar-refractivity contribution in [2.75, 3.05) is 33.9 Å². The summed E-state index contributed by atoms with van der Waals surface area (Å²) in [5.41, 5.74) is 2.82. The Balaban J connectivity index is 1.54. The van der Waals surface area contributed by atoms with Gasteiger partial charge in [0.05, 0.1) is 26.0 Å². The topological polar surface area (TPSA) is 46.5 Å². The van der Waals surface area contributed by atoms with E-state index in [9.17, 15) is 0 Å². The lowest BCUT2D eigenvalue weighted by Gasteiger charge is -2.51. The smallest absolute Gasteiger partial charge is 0.200 e. The second-order valence-electron chi connectivity index (χ2n) is 8.75. The van der Waals surface area contributed by atoms with E-state index in [-0.39, 0.29) is 6.04 Å². The van der Waals surface area contributed by atoms with E-state index in [0.29, 0.717) is 0 Å². The first-order valence-corrected chi connectivity index (χ1v) is 12.2. The van der Waals surface area contributed by atoms with Gasteiger partial charge in [-0.2, -0.15) is 5.10 Å². The molecule has 170 valence electrons. The highest BCUT2D eigenvalue weighted by atomic mass is 79.9. The average Bonchev–Trinajstić information content (AvgIpc) is 3.27. The lowest BCUT2D eigenvalue weighted by atomic mass is 9.90.